The molecule has 0 fully saturated rings. The molecular formula is C11H13Cl2NO. The molecule has 0 aliphatic heterocycles. The van der Waals surface area contributed by atoms with Crippen molar-refractivity contribution in [1.29, 1.82) is 0 Å². The molecule has 1 amide bonds. The monoisotopic (exact) mass is 245 g/mol. The number of hydrogen-bond acceptors (Lipinski definition) is 1. The molecule has 4 heteroatoms. The number of halogens is 2. The van der Waals surface area contributed by atoms with Crippen LogP contribution in [0.4, 0.5) is 0 Å². The first kappa shape index (κ1) is 12.3. The van der Waals surface area contributed by atoms with Gasteiger partial charge in [0.15, 0.2) is 0 Å². The molecule has 0 heterocycles. The lowest BCUT2D eigenvalue weighted by Crippen LogP contribution is -2.22. The number of rotatable bonds is 5. The van der Waals surface area contributed by atoms with E-state index in [1.165, 1.54) is 0 Å². The van der Waals surface area contributed by atoms with E-state index in [4.69, 9.17) is 23.2 Å². The van der Waals surface area contributed by atoms with Gasteiger partial charge in [-0.2, -0.15) is 0 Å². The Morgan fingerprint density at radius 1 is 1.27 bits per heavy atom. The Morgan fingerprint density at radius 3 is 2.53 bits per heavy atom. The molecule has 0 radical (unpaired) electrons. The summed E-state index contributed by atoms with van der Waals surface area (Å²) in [6, 6.07) is 9.75. The van der Waals surface area contributed by atoms with E-state index < -0.39 is 4.84 Å². The third-order valence-corrected chi connectivity index (χ3v) is 2.36. The van der Waals surface area contributed by atoms with Crippen molar-refractivity contribution in [1.82, 2.24) is 5.32 Å². The number of alkyl halides is 2. The molecule has 0 unspecified atom stereocenters. The maximum Gasteiger partial charge on any atom is 0.220 e. The van der Waals surface area contributed by atoms with Crippen molar-refractivity contribution in [3.05, 3.63) is 35.9 Å². The first-order valence-corrected chi connectivity index (χ1v) is 5.64. The quantitative estimate of drug-likeness (QED) is 0.795. The topological polar surface area (TPSA) is 29.1 Å². The van der Waals surface area contributed by atoms with E-state index in [0.29, 0.717) is 19.4 Å². The Balaban J connectivity index is 2.23. The van der Waals surface area contributed by atoms with Crippen molar-refractivity contribution in [2.24, 2.45) is 0 Å². The van der Waals surface area contributed by atoms with Crippen LogP contribution >= 0.6 is 23.2 Å². The minimum Gasteiger partial charge on any atom is -0.352 e. The molecule has 0 saturated heterocycles. The van der Waals surface area contributed by atoms with E-state index >= 15 is 0 Å². The average molecular weight is 246 g/mol. The first-order valence-electron chi connectivity index (χ1n) is 4.77. The number of hydrogen-bond donors (Lipinski definition) is 1. The van der Waals surface area contributed by atoms with Crippen LogP contribution in [0.5, 0.6) is 0 Å². The minimum atomic E-state index is -0.465. The van der Waals surface area contributed by atoms with Crippen LogP contribution in [0.2, 0.25) is 0 Å². The van der Waals surface area contributed by atoms with Crippen molar-refractivity contribution in [2.45, 2.75) is 24.2 Å². The number of amides is 1. The third-order valence-electron chi connectivity index (χ3n) is 1.92. The molecule has 15 heavy (non-hydrogen) atoms. The molecule has 0 aliphatic rings. The predicted molar refractivity (Wildman–Crippen MR) is 63.0 cm³/mol. The van der Waals surface area contributed by atoms with Gasteiger partial charge in [-0.05, 0) is 12.0 Å². The van der Waals surface area contributed by atoms with Crippen LogP contribution in [-0.4, -0.2) is 10.7 Å². The molecule has 0 aliphatic carbocycles. The second-order valence-electron chi connectivity index (χ2n) is 3.19. The molecule has 1 rings (SSSR count). The van der Waals surface area contributed by atoms with Gasteiger partial charge in [-0.1, -0.05) is 30.3 Å². The smallest absolute Gasteiger partial charge is 0.220 e. The van der Waals surface area contributed by atoms with Gasteiger partial charge in [0.2, 0.25) is 5.91 Å². The SMILES string of the molecule is O=C(CCC(Cl)Cl)NCc1ccccc1. The maximum atomic E-state index is 11.3. The first-order chi connectivity index (χ1) is 7.18. The van der Waals surface area contributed by atoms with Crippen LogP contribution in [-0.2, 0) is 11.3 Å². The van der Waals surface area contributed by atoms with Crippen LogP contribution < -0.4 is 5.32 Å². The highest BCUT2D eigenvalue weighted by atomic mass is 35.5. The summed E-state index contributed by atoms with van der Waals surface area (Å²) in [6.07, 6.45) is 0.855. The van der Waals surface area contributed by atoms with Gasteiger partial charge in [0.1, 0.15) is 4.84 Å². The summed E-state index contributed by atoms with van der Waals surface area (Å²) in [5.74, 6) is -0.0230. The lowest BCUT2D eigenvalue weighted by Gasteiger charge is -2.05. The molecule has 82 valence electrons. The fourth-order valence-electron chi connectivity index (χ4n) is 1.13. The van der Waals surface area contributed by atoms with Crippen molar-refractivity contribution in [3.63, 3.8) is 0 Å². The maximum absolute atomic E-state index is 11.3. The second kappa shape index (κ2) is 6.70. The Kier molecular flexibility index (Phi) is 5.51. The highest BCUT2D eigenvalue weighted by molar-refractivity contribution is 6.44. The molecule has 1 aromatic carbocycles. The summed E-state index contributed by atoms with van der Waals surface area (Å²) < 4.78 is 0. The average Bonchev–Trinajstić information content (AvgIpc) is 2.25. The summed E-state index contributed by atoms with van der Waals surface area (Å²) in [6.45, 7) is 0.551. The highest BCUT2D eigenvalue weighted by Crippen LogP contribution is 2.09. The van der Waals surface area contributed by atoms with Crippen LogP contribution in [0, 0.1) is 0 Å². The fraction of sp³-hybridized carbons (Fsp3) is 0.364. The molecule has 1 N–H and O–H groups in total. The fourth-order valence-corrected chi connectivity index (χ4v) is 1.34. The Hall–Kier alpha value is -0.730. The van der Waals surface area contributed by atoms with Gasteiger partial charge in [0.25, 0.3) is 0 Å². The summed E-state index contributed by atoms with van der Waals surface area (Å²) in [5.41, 5.74) is 1.08. The molecule has 0 atom stereocenters. The van der Waals surface area contributed by atoms with E-state index in [9.17, 15) is 4.79 Å². The van der Waals surface area contributed by atoms with Gasteiger partial charge in [0, 0.05) is 13.0 Å². The molecule has 0 aromatic heterocycles. The van der Waals surface area contributed by atoms with Gasteiger partial charge in [0.05, 0.1) is 0 Å². The summed E-state index contributed by atoms with van der Waals surface area (Å²) in [4.78, 5) is 10.8. The van der Waals surface area contributed by atoms with Crippen molar-refractivity contribution < 1.29 is 4.79 Å². The zero-order chi connectivity index (χ0) is 11.1. The Bertz CT molecular complexity index is 301. The standard InChI is InChI=1S/C11H13Cl2NO/c12-10(13)6-7-11(15)14-8-9-4-2-1-3-5-9/h1-5,10H,6-8H2,(H,14,15). The largest absolute Gasteiger partial charge is 0.352 e. The van der Waals surface area contributed by atoms with Crippen molar-refractivity contribution >= 4 is 29.1 Å². The van der Waals surface area contributed by atoms with Gasteiger partial charge >= 0.3 is 0 Å². The number of carbonyl (C=O) groups is 1. The lowest BCUT2D eigenvalue weighted by molar-refractivity contribution is -0.121. The normalized spacial score (nSPS) is 10.3. The van der Waals surface area contributed by atoms with Gasteiger partial charge in [-0.25, -0.2) is 0 Å². The zero-order valence-corrected chi connectivity index (χ0v) is 9.76. The third kappa shape index (κ3) is 5.65. The van der Waals surface area contributed by atoms with Crippen molar-refractivity contribution in [2.75, 3.05) is 0 Å². The minimum absolute atomic E-state index is 0.0230. The van der Waals surface area contributed by atoms with Crippen molar-refractivity contribution in [3.8, 4) is 0 Å². The van der Waals surface area contributed by atoms with E-state index in [0.717, 1.165) is 5.56 Å². The van der Waals surface area contributed by atoms with Gasteiger partial charge in [-0.15, -0.1) is 23.2 Å². The molecule has 0 bridgehead atoms. The summed E-state index contributed by atoms with van der Waals surface area (Å²) >= 11 is 11.0. The predicted octanol–water partition coefficient (Wildman–Crippen LogP) is 2.89. The molecule has 0 saturated carbocycles. The molecule has 2 nitrogen and oxygen atoms in total. The summed E-state index contributed by atoms with van der Waals surface area (Å²) in [7, 11) is 0. The lowest BCUT2D eigenvalue weighted by atomic mass is 10.2. The number of benzene rings is 1. The molecule has 1 aromatic rings. The highest BCUT2D eigenvalue weighted by Gasteiger charge is 2.04. The number of carbonyl (C=O) groups excluding carboxylic acids is 1. The van der Waals surface area contributed by atoms with E-state index in [-0.39, 0.29) is 5.91 Å². The Labute approximate surface area is 99.6 Å². The van der Waals surface area contributed by atoms with Crippen LogP contribution in [0.3, 0.4) is 0 Å². The van der Waals surface area contributed by atoms with Crippen LogP contribution in [0.25, 0.3) is 0 Å². The van der Waals surface area contributed by atoms with Crippen LogP contribution in [0.1, 0.15) is 18.4 Å². The zero-order valence-electron chi connectivity index (χ0n) is 8.25. The summed E-state index contributed by atoms with van der Waals surface area (Å²) in [5, 5.41) is 2.80. The van der Waals surface area contributed by atoms with E-state index in [2.05, 4.69) is 5.32 Å². The second-order valence-corrected chi connectivity index (χ2v) is 4.47. The Morgan fingerprint density at radius 2 is 1.93 bits per heavy atom. The number of nitrogens with one attached hydrogen (secondary N) is 1. The van der Waals surface area contributed by atoms with Crippen LogP contribution in [0.15, 0.2) is 30.3 Å². The van der Waals surface area contributed by atoms with E-state index in [1.807, 2.05) is 30.3 Å². The van der Waals surface area contributed by atoms with Gasteiger partial charge < -0.3 is 5.32 Å². The molecule has 0 spiro atoms. The molecular weight excluding hydrogens is 233 g/mol. The van der Waals surface area contributed by atoms with Gasteiger partial charge in [-0.3, -0.25) is 4.79 Å². The van der Waals surface area contributed by atoms with E-state index in [1.54, 1.807) is 0 Å².